The molecule has 0 spiro atoms. The van der Waals surface area contributed by atoms with Gasteiger partial charge in [0.25, 0.3) is 0 Å². The summed E-state index contributed by atoms with van der Waals surface area (Å²) in [4.78, 5) is 43.4. The average Bonchev–Trinajstić information content (AvgIpc) is 3.35. The number of benzene rings is 1. The van der Waals surface area contributed by atoms with Crippen molar-refractivity contribution in [1.82, 2.24) is 10.3 Å². The summed E-state index contributed by atoms with van der Waals surface area (Å²) in [6.45, 7) is 0. The molecule has 2 saturated carbocycles. The molecule has 2 atom stereocenters. The zero-order valence-corrected chi connectivity index (χ0v) is 17.0. The first kappa shape index (κ1) is 18.1. The lowest BCUT2D eigenvalue weighted by atomic mass is 9.81. The molecule has 1 saturated heterocycles. The predicted molar refractivity (Wildman–Crippen MR) is 109 cm³/mol. The lowest BCUT2D eigenvalue weighted by Crippen LogP contribution is -2.30. The first-order valence-corrected chi connectivity index (χ1v) is 11.6. The normalized spacial score (nSPS) is 24.6. The van der Waals surface area contributed by atoms with E-state index in [0.29, 0.717) is 17.5 Å². The first-order chi connectivity index (χ1) is 13.6. The summed E-state index contributed by atoms with van der Waals surface area (Å²) in [5.41, 5.74) is 1.47. The second-order valence-corrected chi connectivity index (χ2v) is 10.0. The van der Waals surface area contributed by atoms with E-state index in [2.05, 4.69) is 10.3 Å². The van der Waals surface area contributed by atoms with E-state index >= 15 is 0 Å². The van der Waals surface area contributed by atoms with E-state index in [4.69, 9.17) is 0 Å². The van der Waals surface area contributed by atoms with Crippen LogP contribution in [0.2, 0.25) is 0 Å². The van der Waals surface area contributed by atoms with Gasteiger partial charge in [-0.2, -0.15) is 0 Å². The Balaban J connectivity index is 1.34. The number of rotatable bonds is 5. The summed E-state index contributed by atoms with van der Waals surface area (Å²) in [6.07, 6.45) is 5.84. The number of hydrogen-bond donors (Lipinski definition) is 1. The Kier molecular flexibility index (Phi) is 4.63. The Labute approximate surface area is 171 Å². The van der Waals surface area contributed by atoms with Crippen LogP contribution in [0.3, 0.4) is 0 Å². The third-order valence-electron chi connectivity index (χ3n) is 5.72. The number of anilines is 1. The number of nitrogens with one attached hydrogen (secondary N) is 1. The van der Waals surface area contributed by atoms with Crippen molar-refractivity contribution in [3.8, 4) is 0 Å². The van der Waals surface area contributed by atoms with Gasteiger partial charge in [-0.15, -0.1) is 11.3 Å². The van der Waals surface area contributed by atoms with Gasteiger partial charge in [0.05, 0.1) is 33.5 Å². The summed E-state index contributed by atoms with van der Waals surface area (Å²) in [5, 5.41) is 2.97. The maximum Gasteiger partial charge on any atom is 0.237 e. The van der Waals surface area contributed by atoms with Gasteiger partial charge in [0.1, 0.15) is 0 Å². The fourth-order valence-corrected chi connectivity index (χ4v) is 6.05. The summed E-state index contributed by atoms with van der Waals surface area (Å²) < 4.78 is 1.75. The first-order valence-electron chi connectivity index (χ1n) is 9.81. The van der Waals surface area contributed by atoms with Crippen molar-refractivity contribution in [3.63, 3.8) is 0 Å². The van der Waals surface area contributed by atoms with E-state index < -0.39 is 0 Å². The molecule has 3 aliphatic rings. The van der Waals surface area contributed by atoms with Crippen molar-refractivity contribution in [1.29, 1.82) is 0 Å². The summed E-state index contributed by atoms with van der Waals surface area (Å²) in [5.74, 6) is 0.0115. The fraction of sp³-hybridized carbons (Fsp3) is 0.500. The van der Waals surface area contributed by atoms with E-state index in [9.17, 15) is 14.4 Å². The molecule has 3 amide bonds. The number of imide groups is 1. The fourth-order valence-electron chi connectivity index (χ4n) is 4.13. The molecule has 2 aliphatic carbocycles. The zero-order chi connectivity index (χ0) is 19.3. The molecule has 0 radical (unpaired) electrons. The van der Waals surface area contributed by atoms with Crippen LogP contribution in [0.1, 0.15) is 38.5 Å². The maximum atomic E-state index is 12.8. The molecule has 2 aromatic rings. The highest BCUT2D eigenvalue weighted by Crippen LogP contribution is 2.41. The molecule has 146 valence electrons. The quantitative estimate of drug-likeness (QED) is 0.598. The zero-order valence-electron chi connectivity index (χ0n) is 15.3. The molecule has 6 nitrogen and oxygen atoms in total. The van der Waals surface area contributed by atoms with Crippen LogP contribution in [-0.2, 0) is 14.4 Å². The number of thioether (sulfide) groups is 1. The molecular formula is C20H21N3O3S2. The lowest BCUT2D eigenvalue weighted by Gasteiger charge is -2.19. The number of aromatic nitrogens is 1. The van der Waals surface area contributed by atoms with Crippen LogP contribution < -0.4 is 10.2 Å². The van der Waals surface area contributed by atoms with Crippen LogP contribution in [0.5, 0.6) is 0 Å². The highest BCUT2D eigenvalue weighted by molar-refractivity contribution is 8.01. The van der Waals surface area contributed by atoms with Crippen LogP contribution in [0.25, 0.3) is 10.2 Å². The highest BCUT2D eigenvalue weighted by Gasteiger charge is 2.48. The van der Waals surface area contributed by atoms with Gasteiger partial charge in [-0.25, -0.2) is 4.98 Å². The Morgan fingerprint density at radius 3 is 2.54 bits per heavy atom. The molecule has 2 heterocycles. The number of carbonyl (C=O) groups excluding carboxylic acids is 3. The predicted octanol–water partition coefficient (Wildman–Crippen LogP) is 3.35. The standard InChI is InChI=1S/C20H21N3O3S2/c24-17(21-11-5-6-11)10-27-20-22-15-8-7-12(9-16(15)28-20)23-18(25)13-3-1-2-4-14(13)19(23)26/h7-9,11,13-14H,1-6,10H2,(H,21,24)/t13-,14+. The third kappa shape index (κ3) is 3.33. The molecule has 0 bridgehead atoms. The molecule has 1 N–H and O–H groups in total. The minimum absolute atomic E-state index is 0.0447. The van der Waals surface area contributed by atoms with Crippen molar-refractivity contribution in [2.75, 3.05) is 10.7 Å². The average molecular weight is 416 g/mol. The van der Waals surface area contributed by atoms with Crippen LogP contribution in [0, 0.1) is 11.8 Å². The van der Waals surface area contributed by atoms with Gasteiger partial charge in [-0.1, -0.05) is 24.6 Å². The number of hydrogen-bond acceptors (Lipinski definition) is 6. The highest BCUT2D eigenvalue weighted by atomic mass is 32.2. The SMILES string of the molecule is O=C(CSc1nc2ccc(N3C(=O)[C@H]4CCCC[C@H]4C3=O)cc2s1)NC1CC1. The smallest absolute Gasteiger partial charge is 0.237 e. The van der Waals surface area contributed by atoms with Crippen molar-refractivity contribution in [2.24, 2.45) is 11.8 Å². The van der Waals surface area contributed by atoms with Gasteiger partial charge >= 0.3 is 0 Å². The molecular weight excluding hydrogens is 394 g/mol. The van der Waals surface area contributed by atoms with E-state index in [1.54, 1.807) is 0 Å². The molecule has 8 heteroatoms. The Morgan fingerprint density at radius 1 is 1.14 bits per heavy atom. The summed E-state index contributed by atoms with van der Waals surface area (Å²) in [7, 11) is 0. The molecule has 5 rings (SSSR count). The maximum absolute atomic E-state index is 12.8. The van der Waals surface area contributed by atoms with Gasteiger partial charge in [0.2, 0.25) is 17.7 Å². The largest absolute Gasteiger partial charge is 0.353 e. The van der Waals surface area contributed by atoms with Crippen LogP contribution in [0.15, 0.2) is 22.5 Å². The number of nitrogens with zero attached hydrogens (tertiary/aromatic N) is 2. The van der Waals surface area contributed by atoms with Gasteiger partial charge < -0.3 is 5.32 Å². The third-order valence-corrected chi connectivity index (χ3v) is 7.88. The van der Waals surface area contributed by atoms with Crippen LogP contribution in [-0.4, -0.2) is 34.5 Å². The monoisotopic (exact) mass is 415 g/mol. The number of fused-ring (bicyclic) bond motifs is 2. The Morgan fingerprint density at radius 2 is 1.86 bits per heavy atom. The molecule has 28 heavy (non-hydrogen) atoms. The van der Waals surface area contributed by atoms with Gasteiger partial charge in [0, 0.05) is 6.04 Å². The summed E-state index contributed by atoms with van der Waals surface area (Å²) >= 11 is 2.92. The second-order valence-electron chi connectivity index (χ2n) is 7.77. The van der Waals surface area contributed by atoms with E-state index in [1.807, 2.05) is 18.2 Å². The van der Waals surface area contributed by atoms with E-state index in [1.165, 1.54) is 28.0 Å². The van der Waals surface area contributed by atoms with E-state index in [0.717, 1.165) is 53.1 Å². The number of carbonyl (C=O) groups is 3. The minimum Gasteiger partial charge on any atom is -0.353 e. The van der Waals surface area contributed by atoms with Gasteiger partial charge in [-0.05, 0) is 43.9 Å². The van der Waals surface area contributed by atoms with Crippen LogP contribution >= 0.6 is 23.1 Å². The van der Waals surface area contributed by atoms with Crippen molar-refractivity contribution in [2.45, 2.75) is 48.9 Å². The Bertz CT molecular complexity index is 945. The number of thiazole rings is 1. The number of amides is 3. The molecule has 0 unspecified atom stereocenters. The second kappa shape index (κ2) is 7.15. The molecule has 1 aromatic heterocycles. The van der Waals surface area contributed by atoms with Crippen molar-refractivity contribution >= 4 is 56.7 Å². The van der Waals surface area contributed by atoms with Gasteiger partial charge in [0.15, 0.2) is 4.34 Å². The molecule has 1 aromatic carbocycles. The molecule has 3 fully saturated rings. The van der Waals surface area contributed by atoms with Gasteiger partial charge in [-0.3, -0.25) is 19.3 Å². The lowest BCUT2D eigenvalue weighted by molar-refractivity contribution is -0.122. The van der Waals surface area contributed by atoms with Crippen molar-refractivity contribution in [3.05, 3.63) is 18.2 Å². The summed E-state index contributed by atoms with van der Waals surface area (Å²) in [6, 6.07) is 5.92. The molecule has 1 aliphatic heterocycles. The van der Waals surface area contributed by atoms with Crippen molar-refractivity contribution < 1.29 is 14.4 Å². The Hall–Kier alpha value is -1.93. The minimum atomic E-state index is -0.144. The van der Waals surface area contributed by atoms with E-state index in [-0.39, 0.29) is 29.6 Å². The van der Waals surface area contributed by atoms with Crippen LogP contribution in [0.4, 0.5) is 5.69 Å². The topological polar surface area (TPSA) is 79.4 Å².